The topological polar surface area (TPSA) is 53.7 Å². The van der Waals surface area contributed by atoms with Gasteiger partial charge in [0.05, 0.1) is 12.6 Å². The smallest absolute Gasteiger partial charge is 0.289 e. The Morgan fingerprint density at radius 1 is 1.33 bits per heavy atom. The van der Waals surface area contributed by atoms with Gasteiger partial charge in [-0.05, 0) is 43.2 Å². The van der Waals surface area contributed by atoms with Gasteiger partial charge >= 0.3 is 0 Å². The molecule has 5 heteroatoms. The van der Waals surface area contributed by atoms with Gasteiger partial charge < -0.3 is 14.4 Å². The molecule has 2 rings (SSSR count). The lowest BCUT2D eigenvalue weighted by Gasteiger charge is -2.26. The van der Waals surface area contributed by atoms with Crippen LogP contribution in [0.15, 0.2) is 34.7 Å². The lowest BCUT2D eigenvalue weighted by Crippen LogP contribution is -2.33. The van der Waals surface area contributed by atoms with E-state index in [1.54, 1.807) is 37.4 Å². The molecule has 0 saturated heterocycles. The van der Waals surface area contributed by atoms with E-state index in [1.807, 2.05) is 13.8 Å². The van der Waals surface area contributed by atoms with Crippen LogP contribution >= 0.6 is 11.6 Å². The Labute approximate surface area is 128 Å². The number of carbonyl (C=O) groups is 1. The van der Waals surface area contributed by atoms with Gasteiger partial charge in [0.25, 0.3) is 5.91 Å². The Morgan fingerprint density at radius 3 is 2.43 bits per heavy atom. The van der Waals surface area contributed by atoms with Crippen molar-refractivity contribution in [3.63, 3.8) is 0 Å². The Kier molecular flexibility index (Phi) is 4.70. The number of rotatable bonds is 4. The second kappa shape index (κ2) is 6.33. The summed E-state index contributed by atoms with van der Waals surface area (Å²) in [6, 6.07) is 8.33. The number of amides is 1. The summed E-state index contributed by atoms with van der Waals surface area (Å²) in [5.74, 6) is 0.735. The molecule has 0 radical (unpaired) electrons. The average Bonchev–Trinajstić information content (AvgIpc) is 2.80. The normalized spacial score (nSPS) is 12.2. The number of likely N-dealkylation sites (N-methyl/N-ethyl adjacent to an activating group) is 1. The molecule has 21 heavy (non-hydrogen) atoms. The number of nitrogens with zero attached hydrogens (tertiary/aromatic N) is 1. The van der Waals surface area contributed by atoms with Crippen LogP contribution in [0.5, 0.6) is 0 Å². The molecule has 1 heterocycles. The first-order valence-electron chi connectivity index (χ1n) is 6.64. The second-order valence-corrected chi connectivity index (χ2v) is 5.45. The van der Waals surface area contributed by atoms with Crippen molar-refractivity contribution in [3.05, 3.63) is 58.0 Å². The van der Waals surface area contributed by atoms with E-state index in [-0.39, 0.29) is 18.3 Å². The van der Waals surface area contributed by atoms with Gasteiger partial charge in [-0.3, -0.25) is 4.79 Å². The Morgan fingerprint density at radius 2 is 1.95 bits per heavy atom. The third kappa shape index (κ3) is 3.28. The van der Waals surface area contributed by atoms with Crippen molar-refractivity contribution < 1.29 is 14.3 Å². The predicted molar refractivity (Wildman–Crippen MR) is 81.6 cm³/mol. The number of aryl methyl sites for hydroxylation is 2. The van der Waals surface area contributed by atoms with Crippen molar-refractivity contribution in [2.45, 2.75) is 19.9 Å². The molecule has 4 nitrogen and oxygen atoms in total. The van der Waals surface area contributed by atoms with Crippen LogP contribution in [-0.4, -0.2) is 29.6 Å². The lowest BCUT2D eigenvalue weighted by atomic mass is 10.1. The van der Waals surface area contributed by atoms with Crippen molar-refractivity contribution in [1.29, 1.82) is 0 Å². The molecule has 1 atom stereocenters. The predicted octanol–water partition coefficient (Wildman–Crippen LogP) is 3.36. The SMILES string of the molecule is Cc1cc(C(=O)N(C)C(CO)c2ccc(Cl)cc2)oc1C. The minimum atomic E-state index is -0.444. The molecule has 0 aliphatic rings. The van der Waals surface area contributed by atoms with E-state index in [2.05, 4.69) is 0 Å². The first-order valence-corrected chi connectivity index (χ1v) is 7.02. The fourth-order valence-electron chi connectivity index (χ4n) is 2.13. The monoisotopic (exact) mass is 307 g/mol. The average molecular weight is 308 g/mol. The quantitative estimate of drug-likeness (QED) is 0.942. The standard InChI is InChI=1S/C16H18ClNO3/c1-10-8-15(21-11(10)2)16(20)18(3)14(9-19)12-4-6-13(17)7-5-12/h4-8,14,19H,9H2,1-3H3. The number of aliphatic hydroxyl groups is 1. The summed E-state index contributed by atoms with van der Waals surface area (Å²) < 4.78 is 5.45. The number of benzene rings is 1. The first kappa shape index (κ1) is 15.6. The molecule has 0 aliphatic carbocycles. The zero-order valence-corrected chi connectivity index (χ0v) is 13.0. The van der Waals surface area contributed by atoms with Gasteiger partial charge in [-0.25, -0.2) is 0 Å². The molecule has 1 aromatic carbocycles. The van der Waals surface area contributed by atoms with Gasteiger partial charge in [0.2, 0.25) is 0 Å². The highest BCUT2D eigenvalue weighted by Crippen LogP contribution is 2.24. The van der Waals surface area contributed by atoms with E-state index in [0.29, 0.717) is 5.02 Å². The van der Waals surface area contributed by atoms with Crippen molar-refractivity contribution in [3.8, 4) is 0 Å². The summed E-state index contributed by atoms with van der Waals surface area (Å²) in [5, 5.41) is 10.2. The number of furan rings is 1. The summed E-state index contributed by atoms with van der Waals surface area (Å²) in [4.78, 5) is 13.9. The highest BCUT2D eigenvalue weighted by molar-refractivity contribution is 6.30. The van der Waals surface area contributed by atoms with E-state index in [4.69, 9.17) is 16.0 Å². The zero-order valence-electron chi connectivity index (χ0n) is 12.3. The first-order chi connectivity index (χ1) is 9.93. The van der Waals surface area contributed by atoms with Crippen LogP contribution in [0.4, 0.5) is 0 Å². The lowest BCUT2D eigenvalue weighted by molar-refractivity contribution is 0.0626. The molecule has 0 bridgehead atoms. The fourth-order valence-corrected chi connectivity index (χ4v) is 2.26. The zero-order chi connectivity index (χ0) is 15.6. The molecule has 1 N–H and O–H groups in total. The molecule has 2 aromatic rings. The van der Waals surface area contributed by atoms with Crippen LogP contribution < -0.4 is 0 Å². The summed E-state index contributed by atoms with van der Waals surface area (Å²) in [5.41, 5.74) is 1.75. The highest BCUT2D eigenvalue weighted by atomic mass is 35.5. The number of halogens is 1. The Balaban J connectivity index is 2.25. The highest BCUT2D eigenvalue weighted by Gasteiger charge is 2.24. The Bertz CT molecular complexity index is 614. The summed E-state index contributed by atoms with van der Waals surface area (Å²) in [6.07, 6.45) is 0. The van der Waals surface area contributed by atoms with Gasteiger partial charge in [-0.2, -0.15) is 0 Å². The van der Waals surface area contributed by atoms with Crippen molar-refractivity contribution >= 4 is 17.5 Å². The molecule has 0 fully saturated rings. The molecule has 0 saturated carbocycles. The number of aliphatic hydroxyl groups excluding tert-OH is 1. The maximum atomic E-state index is 12.4. The minimum Gasteiger partial charge on any atom is -0.456 e. The summed E-state index contributed by atoms with van der Waals surface area (Å²) >= 11 is 5.86. The molecule has 1 aromatic heterocycles. The van der Waals surface area contributed by atoms with E-state index in [9.17, 15) is 9.90 Å². The van der Waals surface area contributed by atoms with E-state index in [1.165, 1.54) is 4.90 Å². The largest absolute Gasteiger partial charge is 0.456 e. The molecular weight excluding hydrogens is 290 g/mol. The maximum absolute atomic E-state index is 12.4. The fraction of sp³-hybridized carbons (Fsp3) is 0.312. The number of hydrogen-bond donors (Lipinski definition) is 1. The van der Waals surface area contributed by atoms with Crippen LogP contribution in [0, 0.1) is 13.8 Å². The molecular formula is C16H18ClNO3. The van der Waals surface area contributed by atoms with Gasteiger partial charge in [-0.1, -0.05) is 23.7 Å². The number of carbonyl (C=O) groups excluding carboxylic acids is 1. The summed E-state index contributed by atoms with van der Waals surface area (Å²) in [6.45, 7) is 3.52. The van der Waals surface area contributed by atoms with Gasteiger partial charge in [0.1, 0.15) is 5.76 Å². The molecule has 1 amide bonds. The molecule has 0 aliphatic heterocycles. The third-order valence-electron chi connectivity index (χ3n) is 3.59. The molecule has 1 unspecified atom stereocenters. The van der Waals surface area contributed by atoms with Gasteiger partial charge in [-0.15, -0.1) is 0 Å². The van der Waals surface area contributed by atoms with Crippen LogP contribution in [-0.2, 0) is 0 Å². The van der Waals surface area contributed by atoms with Crippen molar-refractivity contribution in [2.75, 3.05) is 13.7 Å². The molecule has 112 valence electrons. The van der Waals surface area contributed by atoms with E-state index >= 15 is 0 Å². The van der Waals surface area contributed by atoms with Crippen molar-refractivity contribution in [1.82, 2.24) is 4.90 Å². The van der Waals surface area contributed by atoms with Gasteiger partial charge in [0, 0.05) is 12.1 Å². The molecule has 0 spiro atoms. The summed E-state index contributed by atoms with van der Waals surface area (Å²) in [7, 11) is 1.64. The van der Waals surface area contributed by atoms with Crippen LogP contribution in [0.2, 0.25) is 5.02 Å². The maximum Gasteiger partial charge on any atom is 0.289 e. The Hall–Kier alpha value is -1.78. The van der Waals surface area contributed by atoms with Crippen LogP contribution in [0.25, 0.3) is 0 Å². The third-order valence-corrected chi connectivity index (χ3v) is 3.84. The van der Waals surface area contributed by atoms with Gasteiger partial charge in [0.15, 0.2) is 5.76 Å². The second-order valence-electron chi connectivity index (χ2n) is 5.02. The van der Waals surface area contributed by atoms with Crippen molar-refractivity contribution in [2.24, 2.45) is 0 Å². The minimum absolute atomic E-state index is 0.178. The van der Waals surface area contributed by atoms with Crippen LogP contribution in [0.1, 0.15) is 33.5 Å². The van der Waals surface area contributed by atoms with E-state index < -0.39 is 6.04 Å². The van der Waals surface area contributed by atoms with E-state index in [0.717, 1.165) is 16.9 Å². The van der Waals surface area contributed by atoms with Crippen LogP contribution in [0.3, 0.4) is 0 Å². The number of hydrogen-bond acceptors (Lipinski definition) is 3.